The third-order valence-electron chi connectivity index (χ3n) is 4.12. The van der Waals surface area contributed by atoms with Crippen molar-refractivity contribution in [1.29, 1.82) is 0 Å². The van der Waals surface area contributed by atoms with E-state index >= 15 is 0 Å². The van der Waals surface area contributed by atoms with E-state index in [0.29, 0.717) is 6.54 Å². The van der Waals surface area contributed by atoms with Gasteiger partial charge in [0, 0.05) is 12.6 Å². The molecule has 1 saturated carbocycles. The standard InChI is InChI=1S/C16H23NO4/c1-20-13-6-11(7-14(8-13)21-2)9-17-10-12-4-3-5-15(12)16(18)19/h6-8,12,15,17H,3-5,9-10H2,1-2H3,(H,18,19). The lowest BCUT2D eigenvalue weighted by atomic mass is 9.96. The Bertz CT molecular complexity index is 467. The lowest BCUT2D eigenvalue weighted by Crippen LogP contribution is -2.28. The summed E-state index contributed by atoms with van der Waals surface area (Å²) in [6.45, 7) is 1.41. The molecule has 116 valence electrons. The summed E-state index contributed by atoms with van der Waals surface area (Å²) >= 11 is 0. The number of ether oxygens (including phenoxy) is 2. The van der Waals surface area contributed by atoms with E-state index in [1.807, 2.05) is 18.2 Å². The number of carboxylic acid groups (broad SMARTS) is 1. The zero-order valence-electron chi connectivity index (χ0n) is 12.6. The summed E-state index contributed by atoms with van der Waals surface area (Å²) in [7, 11) is 3.25. The average molecular weight is 293 g/mol. The SMILES string of the molecule is COc1cc(CNCC2CCCC2C(=O)O)cc(OC)c1. The van der Waals surface area contributed by atoms with Crippen molar-refractivity contribution in [2.45, 2.75) is 25.8 Å². The highest BCUT2D eigenvalue weighted by Gasteiger charge is 2.32. The smallest absolute Gasteiger partial charge is 0.306 e. The molecule has 2 unspecified atom stereocenters. The fourth-order valence-electron chi connectivity index (χ4n) is 2.98. The van der Waals surface area contributed by atoms with Gasteiger partial charge in [0.15, 0.2) is 0 Å². The van der Waals surface area contributed by atoms with Crippen molar-refractivity contribution in [3.05, 3.63) is 23.8 Å². The highest BCUT2D eigenvalue weighted by molar-refractivity contribution is 5.70. The van der Waals surface area contributed by atoms with Crippen LogP contribution in [0.5, 0.6) is 11.5 Å². The number of nitrogens with one attached hydrogen (secondary N) is 1. The molecule has 5 nitrogen and oxygen atoms in total. The summed E-state index contributed by atoms with van der Waals surface area (Å²) < 4.78 is 10.5. The minimum absolute atomic E-state index is 0.197. The number of hydrogen-bond acceptors (Lipinski definition) is 4. The lowest BCUT2D eigenvalue weighted by Gasteiger charge is -2.16. The Morgan fingerprint density at radius 3 is 2.48 bits per heavy atom. The highest BCUT2D eigenvalue weighted by atomic mass is 16.5. The normalized spacial score (nSPS) is 21.2. The molecular weight excluding hydrogens is 270 g/mol. The number of methoxy groups -OCH3 is 2. The maximum Gasteiger partial charge on any atom is 0.306 e. The van der Waals surface area contributed by atoms with E-state index in [4.69, 9.17) is 9.47 Å². The Morgan fingerprint density at radius 2 is 1.90 bits per heavy atom. The van der Waals surface area contributed by atoms with Crippen LogP contribution >= 0.6 is 0 Å². The summed E-state index contributed by atoms with van der Waals surface area (Å²) in [5.74, 6) is 0.889. The first-order valence-electron chi connectivity index (χ1n) is 7.29. The lowest BCUT2D eigenvalue weighted by molar-refractivity contribution is -0.142. The zero-order valence-corrected chi connectivity index (χ0v) is 12.6. The Balaban J connectivity index is 1.89. The molecule has 0 aliphatic heterocycles. The van der Waals surface area contributed by atoms with Crippen molar-refractivity contribution < 1.29 is 19.4 Å². The molecule has 0 saturated heterocycles. The van der Waals surface area contributed by atoms with Crippen LogP contribution in [-0.2, 0) is 11.3 Å². The molecule has 0 bridgehead atoms. The van der Waals surface area contributed by atoms with Crippen LogP contribution in [0.25, 0.3) is 0 Å². The van der Waals surface area contributed by atoms with Gasteiger partial charge in [0.1, 0.15) is 11.5 Å². The molecule has 21 heavy (non-hydrogen) atoms. The maximum atomic E-state index is 11.2. The van der Waals surface area contributed by atoms with Crippen molar-refractivity contribution in [2.24, 2.45) is 11.8 Å². The van der Waals surface area contributed by atoms with Crippen LogP contribution in [-0.4, -0.2) is 31.8 Å². The molecule has 1 fully saturated rings. The van der Waals surface area contributed by atoms with Crippen LogP contribution < -0.4 is 14.8 Å². The van der Waals surface area contributed by atoms with Crippen molar-refractivity contribution in [2.75, 3.05) is 20.8 Å². The van der Waals surface area contributed by atoms with Crippen LogP contribution in [0.1, 0.15) is 24.8 Å². The molecule has 2 rings (SSSR count). The van der Waals surface area contributed by atoms with Gasteiger partial charge in [0.2, 0.25) is 0 Å². The summed E-state index contributed by atoms with van der Waals surface area (Å²) in [6, 6.07) is 5.75. The molecule has 2 atom stereocenters. The van der Waals surface area contributed by atoms with E-state index < -0.39 is 5.97 Å². The predicted molar refractivity (Wildman–Crippen MR) is 79.7 cm³/mol. The minimum Gasteiger partial charge on any atom is -0.497 e. The fraction of sp³-hybridized carbons (Fsp3) is 0.562. The predicted octanol–water partition coefficient (Wildman–Crippen LogP) is 2.29. The van der Waals surface area contributed by atoms with Gasteiger partial charge in [-0.15, -0.1) is 0 Å². The van der Waals surface area contributed by atoms with Gasteiger partial charge >= 0.3 is 5.97 Å². The summed E-state index contributed by atoms with van der Waals surface area (Å²) in [6.07, 6.45) is 2.80. The molecule has 0 spiro atoms. The second-order valence-corrected chi connectivity index (χ2v) is 5.49. The molecule has 5 heteroatoms. The third kappa shape index (κ3) is 4.11. The monoisotopic (exact) mass is 293 g/mol. The number of carboxylic acids is 1. The Hall–Kier alpha value is -1.75. The molecule has 1 aromatic rings. The van der Waals surface area contributed by atoms with Gasteiger partial charge in [-0.1, -0.05) is 6.42 Å². The van der Waals surface area contributed by atoms with Gasteiger partial charge in [-0.05, 0) is 43.0 Å². The second-order valence-electron chi connectivity index (χ2n) is 5.49. The van der Waals surface area contributed by atoms with E-state index in [0.717, 1.165) is 42.9 Å². The quantitative estimate of drug-likeness (QED) is 0.807. The van der Waals surface area contributed by atoms with Crippen LogP contribution in [0.2, 0.25) is 0 Å². The summed E-state index contributed by atoms with van der Waals surface area (Å²) in [5.41, 5.74) is 1.07. The molecular formula is C16H23NO4. The van der Waals surface area contributed by atoms with Gasteiger partial charge in [-0.2, -0.15) is 0 Å². The minimum atomic E-state index is -0.664. The average Bonchev–Trinajstić information content (AvgIpc) is 2.95. The van der Waals surface area contributed by atoms with Crippen molar-refractivity contribution in [3.63, 3.8) is 0 Å². The Morgan fingerprint density at radius 1 is 1.24 bits per heavy atom. The maximum absolute atomic E-state index is 11.2. The van der Waals surface area contributed by atoms with Crippen LogP contribution in [0.4, 0.5) is 0 Å². The van der Waals surface area contributed by atoms with Gasteiger partial charge in [-0.25, -0.2) is 0 Å². The van der Waals surface area contributed by atoms with Gasteiger partial charge in [0.25, 0.3) is 0 Å². The largest absolute Gasteiger partial charge is 0.497 e. The first-order chi connectivity index (χ1) is 10.1. The molecule has 2 N–H and O–H groups in total. The second kappa shape index (κ2) is 7.31. The van der Waals surface area contributed by atoms with E-state index in [1.165, 1.54) is 0 Å². The van der Waals surface area contributed by atoms with Crippen LogP contribution in [0.15, 0.2) is 18.2 Å². The topological polar surface area (TPSA) is 67.8 Å². The van der Waals surface area contributed by atoms with Gasteiger partial charge in [0.05, 0.1) is 20.1 Å². The molecule has 0 amide bonds. The summed E-state index contributed by atoms with van der Waals surface area (Å²) in [5, 5.41) is 12.5. The molecule has 0 radical (unpaired) electrons. The molecule has 0 aromatic heterocycles. The third-order valence-corrected chi connectivity index (χ3v) is 4.12. The number of hydrogen-bond donors (Lipinski definition) is 2. The first-order valence-corrected chi connectivity index (χ1v) is 7.29. The van der Waals surface area contributed by atoms with E-state index in [-0.39, 0.29) is 11.8 Å². The van der Waals surface area contributed by atoms with Crippen molar-refractivity contribution in [3.8, 4) is 11.5 Å². The summed E-state index contributed by atoms with van der Waals surface area (Å²) in [4.78, 5) is 11.2. The molecule has 1 aliphatic rings. The number of benzene rings is 1. The van der Waals surface area contributed by atoms with E-state index in [1.54, 1.807) is 14.2 Å². The number of rotatable bonds is 7. The van der Waals surface area contributed by atoms with Crippen molar-refractivity contribution in [1.82, 2.24) is 5.32 Å². The van der Waals surface area contributed by atoms with E-state index in [9.17, 15) is 9.90 Å². The van der Waals surface area contributed by atoms with Crippen molar-refractivity contribution >= 4 is 5.97 Å². The van der Waals surface area contributed by atoms with Crippen LogP contribution in [0, 0.1) is 11.8 Å². The molecule has 1 aliphatic carbocycles. The van der Waals surface area contributed by atoms with E-state index in [2.05, 4.69) is 5.32 Å². The van der Waals surface area contributed by atoms with Gasteiger partial charge < -0.3 is 19.9 Å². The zero-order chi connectivity index (χ0) is 15.2. The van der Waals surface area contributed by atoms with Gasteiger partial charge in [-0.3, -0.25) is 4.79 Å². The molecule has 1 aromatic carbocycles. The fourth-order valence-corrected chi connectivity index (χ4v) is 2.98. The number of carbonyl (C=O) groups is 1. The Kier molecular flexibility index (Phi) is 5.44. The van der Waals surface area contributed by atoms with Crippen LogP contribution in [0.3, 0.4) is 0 Å². The molecule has 0 heterocycles. The Labute approximate surface area is 125 Å². The number of aliphatic carboxylic acids is 1. The first kappa shape index (κ1) is 15.6. The highest BCUT2D eigenvalue weighted by Crippen LogP contribution is 2.31.